The molecule has 0 saturated heterocycles. The molecule has 0 saturated carbocycles. The van der Waals surface area contributed by atoms with Gasteiger partial charge in [0.2, 0.25) is 0 Å². The average molecular weight is 341 g/mol. The van der Waals surface area contributed by atoms with Gasteiger partial charge in [-0.05, 0) is 24.1 Å². The monoisotopic (exact) mass is 341 g/mol. The van der Waals surface area contributed by atoms with Crippen molar-refractivity contribution in [2.75, 3.05) is 19.8 Å². The number of hydrogen-bond acceptors (Lipinski definition) is 4. The second-order valence-corrected chi connectivity index (χ2v) is 5.76. The number of carbonyl (C=O) groups is 2. The van der Waals surface area contributed by atoms with Gasteiger partial charge in [0.05, 0.1) is 11.5 Å². The number of carboxylic acids is 1. The van der Waals surface area contributed by atoms with E-state index in [9.17, 15) is 14.7 Å². The summed E-state index contributed by atoms with van der Waals surface area (Å²) in [5.74, 6) is -1.09. The second-order valence-electron chi connectivity index (χ2n) is 5.76. The summed E-state index contributed by atoms with van der Waals surface area (Å²) in [6.07, 6.45) is 0.350. The van der Waals surface area contributed by atoms with Gasteiger partial charge in [-0.1, -0.05) is 36.4 Å². The minimum atomic E-state index is -0.946. The van der Waals surface area contributed by atoms with Gasteiger partial charge in [0, 0.05) is 6.54 Å². The summed E-state index contributed by atoms with van der Waals surface area (Å²) in [5.41, 5.74) is 1.26. The topological polar surface area (TPSA) is 84.9 Å². The van der Waals surface area contributed by atoms with Crippen LogP contribution < -0.4 is 14.8 Å². The molecular weight excluding hydrogens is 322 g/mol. The largest absolute Gasteiger partial charge is 0.486 e. The molecule has 25 heavy (non-hydrogen) atoms. The first-order chi connectivity index (χ1) is 12.1. The molecule has 1 aliphatic heterocycles. The lowest BCUT2D eigenvalue weighted by atomic mass is 9.99. The van der Waals surface area contributed by atoms with Crippen LogP contribution in [-0.2, 0) is 11.2 Å². The van der Waals surface area contributed by atoms with Crippen LogP contribution in [0.5, 0.6) is 11.5 Å². The van der Waals surface area contributed by atoms with Crippen LogP contribution in [0, 0.1) is 5.92 Å². The third-order valence-corrected chi connectivity index (χ3v) is 3.99. The van der Waals surface area contributed by atoms with Crippen LogP contribution in [0.15, 0.2) is 48.5 Å². The Morgan fingerprint density at radius 2 is 1.80 bits per heavy atom. The number of para-hydroxylation sites is 1. The highest BCUT2D eigenvalue weighted by Gasteiger charge is 2.23. The SMILES string of the molecule is O=C(NCC(Cc1ccccc1)C(=O)O)c1cccc2c1OCCO2. The molecule has 0 bridgehead atoms. The number of carboxylic acid groups (broad SMARTS) is 1. The molecular formula is C19H19NO5. The van der Waals surface area contributed by atoms with Gasteiger partial charge in [-0.15, -0.1) is 0 Å². The van der Waals surface area contributed by atoms with Gasteiger partial charge in [-0.3, -0.25) is 9.59 Å². The summed E-state index contributed by atoms with van der Waals surface area (Å²) < 4.78 is 11.0. The molecule has 1 aliphatic rings. The molecule has 0 aliphatic carbocycles. The average Bonchev–Trinajstić information content (AvgIpc) is 2.65. The Morgan fingerprint density at radius 3 is 2.56 bits per heavy atom. The van der Waals surface area contributed by atoms with Crippen LogP contribution in [0.4, 0.5) is 0 Å². The van der Waals surface area contributed by atoms with Gasteiger partial charge in [0.15, 0.2) is 11.5 Å². The number of benzene rings is 2. The van der Waals surface area contributed by atoms with E-state index in [0.29, 0.717) is 36.7 Å². The molecule has 2 N–H and O–H groups in total. The van der Waals surface area contributed by atoms with Gasteiger partial charge in [0.1, 0.15) is 13.2 Å². The van der Waals surface area contributed by atoms with Crippen LogP contribution in [0.3, 0.4) is 0 Å². The predicted molar refractivity (Wildman–Crippen MR) is 91.0 cm³/mol. The quantitative estimate of drug-likeness (QED) is 0.841. The van der Waals surface area contributed by atoms with Gasteiger partial charge in [-0.2, -0.15) is 0 Å². The van der Waals surface area contributed by atoms with E-state index in [1.165, 1.54) is 0 Å². The molecule has 0 fully saturated rings. The van der Waals surface area contributed by atoms with Crippen molar-refractivity contribution in [1.29, 1.82) is 0 Å². The first-order valence-corrected chi connectivity index (χ1v) is 8.08. The molecule has 0 radical (unpaired) electrons. The van der Waals surface area contributed by atoms with E-state index in [-0.39, 0.29) is 12.5 Å². The van der Waals surface area contributed by atoms with Gasteiger partial charge < -0.3 is 19.9 Å². The van der Waals surface area contributed by atoms with Crippen LogP contribution in [0.1, 0.15) is 15.9 Å². The number of ether oxygens (including phenoxy) is 2. The first-order valence-electron chi connectivity index (χ1n) is 8.08. The third kappa shape index (κ3) is 4.09. The fourth-order valence-electron chi connectivity index (χ4n) is 2.71. The summed E-state index contributed by atoms with van der Waals surface area (Å²) in [4.78, 5) is 23.9. The van der Waals surface area contributed by atoms with Crippen molar-refractivity contribution in [2.24, 2.45) is 5.92 Å². The van der Waals surface area contributed by atoms with Crippen molar-refractivity contribution in [1.82, 2.24) is 5.32 Å². The Balaban J connectivity index is 1.67. The van der Waals surface area contributed by atoms with Crippen LogP contribution in [0.25, 0.3) is 0 Å². The van der Waals surface area contributed by atoms with E-state index >= 15 is 0 Å². The molecule has 1 heterocycles. The smallest absolute Gasteiger partial charge is 0.308 e. The Hall–Kier alpha value is -3.02. The van der Waals surface area contributed by atoms with Crippen molar-refractivity contribution in [3.63, 3.8) is 0 Å². The molecule has 1 amide bonds. The zero-order chi connectivity index (χ0) is 17.6. The number of carbonyl (C=O) groups excluding carboxylic acids is 1. The van der Waals surface area contributed by atoms with Gasteiger partial charge in [0.25, 0.3) is 5.91 Å². The van der Waals surface area contributed by atoms with E-state index < -0.39 is 11.9 Å². The Bertz CT molecular complexity index is 760. The van der Waals surface area contributed by atoms with Gasteiger partial charge in [-0.25, -0.2) is 0 Å². The second kappa shape index (κ2) is 7.70. The molecule has 6 nitrogen and oxygen atoms in total. The minimum absolute atomic E-state index is 0.0353. The summed E-state index contributed by atoms with van der Waals surface area (Å²) in [6.45, 7) is 0.854. The number of hydrogen-bond donors (Lipinski definition) is 2. The highest BCUT2D eigenvalue weighted by atomic mass is 16.6. The van der Waals surface area contributed by atoms with Crippen LogP contribution in [-0.4, -0.2) is 36.7 Å². The molecule has 1 unspecified atom stereocenters. The Kier molecular flexibility index (Phi) is 5.18. The van der Waals surface area contributed by atoms with E-state index in [1.54, 1.807) is 18.2 Å². The molecule has 1 atom stereocenters. The fraction of sp³-hybridized carbons (Fsp3) is 0.263. The number of fused-ring (bicyclic) bond motifs is 1. The zero-order valence-electron chi connectivity index (χ0n) is 13.6. The molecule has 130 valence electrons. The third-order valence-electron chi connectivity index (χ3n) is 3.99. The Morgan fingerprint density at radius 1 is 1.04 bits per heavy atom. The van der Waals surface area contributed by atoms with Crippen molar-refractivity contribution >= 4 is 11.9 Å². The Labute approximate surface area is 145 Å². The molecule has 2 aromatic carbocycles. The molecule has 6 heteroatoms. The number of aliphatic carboxylic acids is 1. The van der Waals surface area contributed by atoms with Crippen molar-refractivity contribution in [3.05, 3.63) is 59.7 Å². The molecule has 0 spiro atoms. The van der Waals surface area contributed by atoms with E-state index in [2.05, 4.69) is 5.32 Å². The maximum Gasteiger partial charge on any atom is 0.308 e. The van der Waals surface area contributed by atoms with Crippen molar-refractivity contribution in [3.8, 4) is 11.5 Å². The lowest BCUT2D eigenvalue weighted by Gasteiger charge is -2.21. The normalized spacial score (nSPS) is 13.8. The molecule has 2 aromatic rings. The highest BCUT2D eigenvalue weighted by Crippen LogP contribution is 2.33. The minimum Gasteiger partial charge on any atom is -0.486 e. The van der Waals surface area contributed by atoms with Crippen LogP contribution >= 0.6 is 0 Å². The summed E-state index contributed by atoms with van der Waals surface area (Å²) >= 11 is 0. The zero-order valence-corrected chi connectivity index (χ0v) is 13.6. The highest BCUT2D eigenvalue weighted by molar-refractivity contribution is 5.98. The number of nitrogens with one attached hydrogen (secondary N) is 1. The van der Waals surface area contributed by atoms with Crippen LogP contribution in [0.2, 0.25) is 0 Å². The predicted octanol–water partition coefficient (Wildman–Crippen LogP) is 2.13. The summed E-state index contributed by atoms with van der Waals surface area (Å²) in [5, 5.41) is 12.1. The number of amides is 1. The van der Waals surface area contributed by atoms with Crippen molar-refractivity contribution in [2.45, 2.75) is 6.42 Å². The first kappa shape index (κ1) is 16.8. The number of rotatable bonds is 6. The maximum atomic E-state index is 12.5. The summed E-state index contributed by atoms with van der Waals surface area (Å²) in [6, 6.07) is 14.4. The lowest BCUT2D eigenvalue weighted by molar-refractivity contribution is -0.141. The molecule has 3 rings (SSSR count). The van der Waals surface area contributed by atoms with E-state index in [1.807, 2.05) is 30.3 Å². The van der Waals surface area contributed by atoms with E-state index in [0.717, 1.165) is 5.56 Å². The lowest BCUT2D eigenvalue weighted by Crippen LogP contribution is -2.34. The summed E-state index contributed by atoms with van der Waals surface area (Å²) in [7, 11) is 0. The van der Waals surface area contributed by atoms with Crippen molar-refractivity contribution < 1.29 is 24.2 Å². The molecule has 0 aromatic heterocycles. The van der Waals surface area contributed by atoms with Gasteiger partial charge >= 0.3 is 5.97 Å². The fourth-order valence-corrected chi connectivity index (χ4v) is 2.71. The van der Waals surface area contributed by atoms with E-state index in [4.69, 9.17) is 9.47 Å². The maximum absolute atomic E-state index is 12.5. The standard InChI is InChI=1S/C19H19NO5/c21-18(15-7-4-8-16-17(15)25-10-9-24-16)20-12-14(19(22)23)11-13-5-2-1-3-6-13/h1-8,14H,9-12H2,(H,20,21)(H,22,23).